The van der Waals surface area contributed by atoms with Crippen LogP contribution in [0.5, 0.6) is 0 Å². The van der Waals surface area contributed by atoms with Crippen molar-refractivity contribution in [2.45, 2.75) is 24.6 Å². The maximum Gasteiger partial charge on any atom is 0.269 e. The molecule has 0 radical (unpaired) electrons. The van der Waals surface area contributed by atoms with Crippen LogP contribution in [-0.2, 0) is 4.74 Å². The van der Waals surface area contributed by atoms with Crippen molar-refractivity contribution in [2.75, 3.05) is 19.7 Å². The van der Waals surface area contributed by atoms with E-state index in [1.54, 1.807) is 0 Å². The second kappa shape index (κ2) is 6.55. The highest BCUT2D eigenvalue weighted by Gasteiger charge is 2.38. The predicted octanol–water partition coefficient (Wildman–Crippen LogP) is 2.01. The van der Waals surface area contributed by atoms with Crippen molar-refractivity contribution in [1.82, 2.24) is 20.2 Å². The van der Waals surface area contributed by atoms with E-state index < -0.39 is 0 Å². The standard InChI is InChI=1S/C17H19ClN4O2/c18-12-3-1-11(2-4-12)16-8-22-7-13(5-14(22)9-24-16)21-17(23)15-6-19-10-20-15/h1-4,6,10,13-14,16H,5,7-9H2,(H,19,20)(H,21,23)/t13-,14-,16+/m0/s1. The molecule has 0 aliphatic carbocycles. The Morgan fingerprint density at radius 2 is 2.17 bits per heavy atom. The van der Waals surface area contributed by atoms with Crippen molar-refractivity contribution in [3.8, 4) is 0 Å². The van der Waals surface area contributed by atoms with E-state index in [1.165, 1.54) is 12.5 Å². The fourth-order valence-electron chi connectivity index (χ4n) is 3.50. The van der Waals surface area contributed by atoms with E-state index in [0.29, 0.717) is 18.3 Å². The summed E-state index contributed by atoms with van der Waals surface area (Å²) >= 11 is 5.95. The number of aromatic amines is 1. The lowest BCUT2D eigenvalue weighted by Crippen LogP contribution is -2.43. The van der Waals surface area contributed by atoms with Gasteiger partial charge in [-0.3, -0.25) is 9.69 Å². The largest absolute Gasteiger partial charge is 0.371 e. The van der Waals surface area contributed by atoms with Gasteiger partial charge in [-0.2, -0.15) is 0 Å². The molecule has 126 valence electrons. The molecule has 1 amide bonds. The van der Waals surface area contributed by atoms with Crippen molar-refractivity contribution in [1.29, 1.82) is 0 Å². The maximum absolute atomic E-state index is 12.1. The van der Waals surface area contributed by atoms with Gasteiger partial charge in [-0.05, 0) is 24.1 Å². The molecular weight excluding hydrogens is 328 g/mol. The second-order valence-corrected chi connectivity index (χ2v) is 6.79. The third kappa shape index (κ3) is 3.17. The Balaban J connectivity index is 1.37. The molecule has 3 atom stereocenters. The molecule has 0 spiro atoms. The SMILES string of the molecule is O=C(N[C@H]1C[C@H]2CO[C@@H](c3ccc(Cl)cc3)CN2C1)c1cnc[nH]1. The van der Waals surface area contributed by atoms with Crippen LogP contribution in [-0.4, -0.2) is 52.6 Å². The minimum absolute atomic E-state index is 0.0561. The van der Waals surface area contributed by atoms with E-state index in [4.69, 9.17) is 16.3 Å². The number of aromatic nitrogens is 2. The monoisotopic (exact) mass is 346 g/mol. The highest BCUT2D eigenvalue weighted by atomic mass is 35.5. The van der Waals surface area contributed by atoms with Crippen LogP contribution in [0.15, 0.2) is 36.8 Å². The summed E-state index contributed by atoms with van der Waals surface area (Å²) in [5.74, 6) is -0.104. The lowest BCUT2D eigenvalue weighted by Gasteiger charge is -2.35. The molecule has 7 heteroatoms. The first-order valence-electron chi connectivity index (χ1n) is 8.09. The third-order valence-electron chi connectivity index (χ3n) is 4.74. The van der Waals surface area contributed by atoms with Crippen molar-refractivity contribution < 1.29 is 9.53 Å². The van der Waals surface area contributed by atoms with E-state index in [9.17, 15) is 4.79 Å². The van der Waals surface area contributed by atoms with Gasteiger partial charge in [0.25, 0.3) is 5.91 Å². The summed E-state index contributed by atoms with van der Waals surface area (Å²) in [7, 11) is 0. The fraction of sp³-hybridized carbons (Fsp3) is 0.412. The third-order valence-corrected chi connectivity index (χ3v) is 4.99. The molecule has 4 rings (SSSR count). The highest BCUT2D eigenvalue weighted by Crippen LogP contribution is 2.30. The van der Waals surface area contributed by atoms with E-state index in [-0.39, 0.29) is 18.1 Å². The van der Waals surface area contributed by atoms with Gasteiger partial charge in [-0.25, -0.2) is 4.98 Å². The average molecular weight is 347 g/mol. The van der Waals surface area contributed by atoms with Crippen LogP contribution in [0.25, 0.3) is 0 Å². The Labute approximate surface area is 145 Å². The second-order valence-electron chi connectivity index (χ2n) is 6.35. The number of nitrogens with one attached hydrogen (secondary N) is 2. The number of ether oxygens (including phenoxy) is 1. The molecule has 2 saturated heterocycles. The first-order chi connectivity index (χ1) is 11.7. The van der Waals surface area contributed by atoms with Crippen molar-refractivity contribution in [3.63, 3.8) is 0 Å². The molecule has 6 nitrogen and oxygen atoms in total. The number of halogens is 1. The van der Waals surface area contributed by atoms with E-state index in [0.717, 1.165) is 30.1 Å². The number of carbonyl (C=O) groups excluding carboxylic acids is 1. The lowest BCUT2D eigenvalue weighted by molar-refractivity contribution is -0.0502. The Morgan fingerprint density at radius 1 is 1.33 bits per heavy atom. The summed E-state index contributed by atoms with van der Waals surface area (Å²) in [5.41, 5.74) is 1.64. The van der Waals surface area contributed by atoms with Gasteiger partial charge in [0, 0.05) is 30.2 Å². The number of fused-ring (bicyclic) bond motifs is 1. The van der Waals surface area contributed by atoms with Crippen LogP contribution in [0.4, 0.5) is 0 Å². The number of amides is 1. The molecule has 0 unspecified atom stereocenters. The number of hydrogen-bond acceptors (Lipinski definition) is 4. The summed E-state index contributed by atoms with van der Waals surface area (Å²) in [6.07, 6.45) is 4.02. The number of H-pyrrole nitrogens is 1. The summed E-state index contributed by atoms with van der Waals surface area (Å²) < 4.78 is 6.03. The summed E-state index contributed by atoms with van der Waals surface area (Å²) in [6, 6.07) is 8.31. The summed E-state index contributed by atoms with van der Waals surface area (Å²) in [4.78, 5) is 21.3. The van der Waals surface area contributed by atoms with E-state index in [2.05, 4.69) is 20.2 Å². The molecule has 1 aromatic carbocycles. The maximum atomic E-state index is 12.1. The number of hydrogen-bond donors (Lipinski definition) is 2. The minimum atomic E-state index is -0.104. The van der Waals surface area contributed by atoms with E-state index >= 15 is 0 Å². The smallest absolute Gasteiger partial charge is 0.269 e. The number of nitrogens with zero attached hydrogens (tertiary/aromatic N) is 2. The van der Waals surface area contributed by atoms with Crippen LogP contribution >= 0.6 is 11.6 Å². The van der Waals surface area contributed by atoms with Gasteiger partial charge in [-0.15, -0.1) is 0 Å². The predicted molar refractivity (Wildman–Crippen MR) is 90.0 cm³/mol. The molecule has 0 saturated carbocycles. The molecule has 0 bridgehead atoms. The summed E-state index contributed by atoms with van der Waals surface area (Å²) in [6.45, 7) is 2.37. The number of rotatable bonds is 3. The molecule has 2 aliphatic rings. The Bertz CT molecular complexity index is 704. The van der Waals surface area contributed by atoms with Crippen LogP contribution < -0.4 is 5.32 Å². The van der Waals surface area contributed by atoms with E-state index in [1.807, 2.05) is 24.3 Å². The number of benzene rings is 1. The minimum Gasteiger partial charge on any atom is -0.371 e. The van der Waals surface area contributed by atoms with Crippen LogP contribution in [0.2, 0.25) is 5.02 Å². The van der Waals surface area contributed by atoms with Gasteiger partial charge >= 0.3 is 0 Å². The Hall–Kier alpha value is -1.89. The van der Waals surface area contributed by atoms with Crippen molar-refractivity contribution in [3.05, 3.63) is 53.1 Å². The van der Waals surface area contributed by atoms with Crippen molar-refractivity contribution in [2.24, 2.45) is 0 Å². The normalized spacial score (nSPS) is 27.0. The number of carbonyl (C=O) groups is 1. The zero-order chi connectivity index (χ0) is 16.5. The Kier molecular flexibility index (Phi) is 4.26. The first kappa shape index (κ1) is 15.6. The summed E-state index contributed by atoms with van der Waals surface area (Å²) in [5, 5.41) is 3.81. The van der Waals surface area contributed by atoms with Gasteiger partial charge in [0.1, 0.15) is 5.69 Å². The average Bonchev–Trinajstić information content (AvgIpc) is 3.24. The molecule has 1 aromatic heterocycles. The Morgan fingerprint density at radius 3 is 2.92 bits per heavy atom. The first-order valence-corrected chi connectivity index (χ1v) is 8.47. The molecule has 2 aromatic rings. The molecule has 24 heavy (non-hydrogen) atoms. The van der Waals surface area contributed by atoms with Gasteiger partial charge < -0.3 is 15.0 Å². The van der Waals surface area contributed by atoms with Crippen molar-refractivity contribution >= 4 is 17.5 Å². The quantitative estimate of drug-likeness (QED) is 0.892. The molecule has 3 heterocycles. The highest BCUT2D eigenvalue weighted by molar-refractivity contribution is 6.30. The number of morpholine rings is 1. The van der Waals surface area contributed by atoms with Crippen LogP contribution in [0.1, 0.15) is 28.6 Å². The van der Waals surface area contributed by atoms with Gasteiger partial charge in [0.05, 0.1) is 25.2 Å². The zero-order valence-corrected chi connectivity index (χ0v) is 13.9. The fourth-order valence-corrected chi connectivity index (χ4v) is 3.63. The van der Waals surface area contributed by atoms with Crippen LogP contribution in [0, 0.1) is 0 Å². The molecule has 2 aliphatic heterocycles. The lowest BCUT2D eigenvalue weighted by atomic mass is 10.1. The van der Waals surface area contributed by atoms with Gasteiger partial charge in [0.15, 0.2) is 0 Å². The van der Waals surface area contributed by atoms with Gasteiger partial charge in [-0.1, -0.05) is 23.7 Å². The molecular formula is C17H19ClN4O2. The van der Waals surface area contributed by atoms with Crippen LogP contribution in [0.3, 0.4) is 0 Å². The number of imidazole rings is 1. The zero-order valence-electron chi connectivity index (χ0n) is 13.1. The van der Waals surface area contributed by atoms with Gasteiger partial charge in [0.2, 0.25) is 0 Å². The molecule has 2 fully saturated rings. The topological polar surface area (TPSA) is 70.2 Å². The molecule has 2 N–H and O–H groups in total.